The second-order valence-corrected chi connectivity index (χ2v) is 6.41. The maximum Gasteiger partial charge on any atom is 0.0443 e. The molecule has 2 aromatic heterocycles. The minimum atomic E-state index is 0.889. The van der Waals surface area contributed by atoms with Crippen molar-refractivity contribution in [2.24, 2.45) is 0 Å². The van der Waals surface area contributed by atoms with E-state index in [-0.39, 0.29) is 0 Å². The van der Waals surface area contributed by atoms with Gasteiger partial charge in [-0.05, 0) is 43.8 Å². The lowest BCUT2D eigenvalue weighted by Gasteiger charge is -2.23. The summed E-state index contributed by atoms with van der Waals surface area (Å²) in [7, 11) is 2.17. The molecule has 1 N–H and O–H groups in total. The molecule has 2 rings (SSSR count). The highest BCUT2D eigenvalue weighted by Crippen LogP contribution is 2.20. The highest BCUT2D eigenvalue weighted by Gasteiger charge is 2.09. The van der Waals surface area contributed by atoms with Crippen LogP contribution in [0.4, 0.5) is 5.69 Å². The molecule has 0 saturated heterocycles. The van der Waals surface area contributed by atoms with E-state index in [4.69, 9.17) is 0 Å². The SMILES string of the molecule is CCCNCc1cnc(C)cc1N(C)CCc1cccs1. The first-order valence-electron chi connectivity index (χ1n) is 7.60. The third-order valence-corrected chi connectivity index (χ3v) is 4.46. The van der Waals surface area contributed by atoms with Crippen LogP contribution in [0.3, 0.4) is 0 Å². The Bertz CT molecular complexity index is 537. The van der Waals surface area contributed by atoms with Gasteiger partial charge in [0.25, 0.3) is 0 Å². The quantitative estimate of drug-likeness (QED) is 0.755. The molecule has 4 heteroatoms. The van der Waals surface area contributed by atoms with Crippen LogP contribution in [-0.4, -0.2) is 25.1 Å². The predicted octanol–water partition coefficient (Wildman–Crippen LogP) is 3.63. The zero-order chi connectivity index (χ0) is 15.1. The first-order chi connectivity index (χ1) is 10.2. The van der Waals surface area contributed by atoms with Crippen molar-refractivity contribution < 1.29 is 0 Å². The third-order valence-electron chi connectivity index (χ3n) is 3.53. The minimum absolute atomic E-state index is 0.889. The topological polar surface area (TPSA) is 28.2 Å². The number of likely N-dealkylation sites (N-methyl/N-ethyl adjacent to an activating group) is 1. The number of rotatable bonds is 8. The fourth-order valence-corrected chi connectivity index (χ4v) is 3.02. The molecule has 0 amide bonds. The Balaban J connectivity index is 2.03. The zero-order valence-electron chi connectivity index (χ0n) is 13.2. The summed E-state index contributed by atoms with van der Waals surface area (Å²) in [5, 5.41) is 5.62. The Kier molecular flexibility index (Phi) is 6.21. The van der Waals surface area contributed by atoms with Gasteiger partial charge in [0.05, 0.1) is 0 Å². The molecule has 114 valence electrons. The predicted molar refractivity (Wildman–Crippen MR) is 92.3 cm³/mol. The van der Waals surface area contributed by atoms with Crippen LogP contribution in [0.5, 0.6) is 0 Å². The van der Waals surface area contributed by atoms with E-state index in [2.05, 4.69) is 59.7 Å². The molecule has 0 atom stereocenters. The molecule has 0 spiro atoms. The smallest absolute Gasteiger partial charge is 0.0443 e. The Morgan fingerprint density at radius 2 is 2.24 bits per heavy atom. The molecule has 0 bridgehead atoms. The Morgan fingerprint density at radius 1 is 1.38 bits per heavy atom. The second-order valence-electron chi connectivity index (χ2n) is 5.38. The second kappa shape index (κ2) is 8.15. The van der Waals surface area contributed by atoms with Gasteiger partial charge in [0.15, 0.2) is 0 Å². The highest BCUT2D eigenvalue weighted by molar-refractivity contribution is 7.09. The van der Waals surface area contributed by atoms with E-state index >= 15 is 0 Å². The van der Waals surface area contributed by atoms with Crippen molar-refractivity contribution in [3.05, 3.63) is 45.9 Å². The summed E-state index contributed by atoms with van der Waals surface area (Å²) in [6.45, 7) is 7.21. The van der Waals surface area contributed by atoms with Crippen LogP contribution in [0.25, 0.3) is 0 Å². The molecule has 3 nitrogen and oxygen atoms in total. The number of nitrogens with one attached hydrogen (secondary N) is 1. The number of anilines is 1. The van der Waals surface area contributed by atoms with Gasteiger partial charge in [-0.2, -0.15) is 0 Å². The van der Waals surface area contributed by atoms with Crippen molar-refractivity contribution in [2.45, 2.75) is 33.2 Å². The van der Waals surface area contributed by atoms with Crippen LogP contribution in [0.15, 0.2) is 29.8 Å². The summed E-state index contributed by atoms with van der Waals surface area (Å²) in [4.78, 5) is 8.23. The van der Waals surface area contributed by atoms with Gasteiger partial charge >= 0.3 is 0 Å². The normalized spacial score (nSPS) is 10.8. The molecule has 2 heterocycles. The molecule has 0 aliphatic rings. The van der Waals surface area contributed by atoms with E-state index in [1.165, 1.54) is 16.1 Å². The van der Waals surface area contributed by atoms with Crippen LogP contribution in [-0.2, 0) is 13.0 Å². The molecule has 0 aromatic carbocycles. The van der Waals surface area contributed by atoms with Crippen molar-refractivity contribution >= 4 is 17.0 Å². The molecule has 21 heavy (non-hydrogen) atoms. The highest BCUT2D eigenvalue weighted by atomic mass is 32.1. The van der Waals surface area contributed by atoms with Gasteiger partial charge in [0.1, 0.15) is 0 Å². The van der Waals surface area contributed by atoms with E-state index in [1.54, 1.807) is 0 Å². The summed E-state index contributed by atoms with van der Waals surface area (Å²) >= 11 is 1.83. The largest absolute Gasteiger partial charge is 0.374 e. The van der Waals surface area contributed by atoms with Gasteiger partial charge in [0, 0.05) is 48.2 Å². The molecular formula is C17H25N3S. The van der Waals surface area contributed by atoms with E-state index < -0.39 is 0 Å². The Morgan fingerprint density at radius 3 is 2.95 bits per heavy atom. The summed E-state index contributed by atoms with van der Waals surface area (Å²) in [5.41, 5.74) is 3.65. The van der Waals surface area contributed by atoms with Crippen molar-refractivity contribution in [2.75, 3.05) is 25.0 Å². The van der Waals surface area contributed by atoms with Crippen molar-refractivity contribution in [1.29, 1.82) is 0 Å². The van der Waals surface area contributed by atoms with E-state index in [0.717, 1.165) is 38.2 Å². The lowest BCUT2D eigenvalue weighted by atomic mass is 10.1. The number of pyridine rings is 1. The molecule has 0 radical (unpaired) electrons. The van der Waals surface area contributed by atoms with Crippen LogP contribution in [0, 0.1) is 6.92 Å². The van der Waals surface area contributed by atoms with E-state index in [0.29, 0.717) is 0 Å². The van der Waals surface area contributed by atoms with Crippen molar-refractivity contribution in [3.63, 3.8) is 0 Å². The van der Waals surface area contributed by atoms with Gasteiger partial charge in [0.2, 0.25) is 0 Å². The zero-order valence-corrected chi connectivity index (χ0v) is 14.0. The summed E-state index contributed by atoms with van der Waals surface area (Å²) < 4.78 is 0. The van der Waals surface area contributed by atoms with E-state index in [1.807, 2.05) is 17.5 Å². The number of aryl methyl sites for hydroxylation is 1. The first-order valence-corrected chi connectivity index (χ1v) is 8.48. The van der Waals surface area contributed by atoms with Gasteiger partial charge in [-0.25, -0.2) is 0 Å². The number of hydrogen-bond donors (Lipinski definition) is 1. The summed E-state index contributed by atoms with van der Waals surface area (Å²) in [6.07, 6.45) is 4.26. The van der Waals surface area contributed by atoms with Gasteiger partial charge < -0.3 is 10.2 Å². The molecule has 0 saturated carbocycles. The van der Waals surface area contributed by atoms with Crippen molar-refractivity contribution in [1.82, 2.24) is 10.3 Å². The minimum Gasteiger partial charge on any atom is -0.374 e. The number of nitrogens with zero attached hydrogens (tertiary/aromatic N) is 2. The maximum atomic E-state index is 4.45. The van der Waals surface area contributed by atoms with Crippen LogP contribution in [0.2, 0.25) is 0 Å². The molecule has 0 fully saturated rings. The van der Waals surface area contributed by atoms with Crippen molar-refractivity contribution in [3.8, 4) is 0 Å². The number of hydrogen-bond acceptors (Lipinski definition) is 4. The van der Waals surface area contributed by atoms with Crippen LogP contribution >= 0.6 is 11.3 Å². The molecular weight excluding hydrogens is 278 g/mol. The fourth-order valence-electron chi connectivity index (χ4n) is 2.32. The van der Waals surface area contributed by atoms with Gasteiger partial charge in [-0.3, -0.25) is 4.98 Å². The third kappa shape index (κ3) is 4.83. The average molecular weight is 303 g/mol. The molecule has 2 aromatic rings. The molecule has 0 aliphatic heterocycles. The average Bonchev–Trinajstić information content (AvgIpc) is 3.00. The van der Waals surface area contributed by atoms with Gasteiger partial charge in [-0.15, -0.1) is 11.3 Å². The standard InChI is InChI=1S/C17H25N3S/c1-4-8-18-12-15-13-19-14(2)11-17(15)20(3)9-7-16-6-5-10-21-16/h5-6,10-11,13,18H,4,7-9,12H2,1-3H3. The molecule has 0 unspecified atom stereocenters. The monoisotopic (exact) mass is 303 g/mol. The Labute approximate surface area is 132 Å². The summed E-state index contributed by atoms with van der Waals surface area (Å²) in [5.74, 6) is 0. The maximum absolute atomic E-state index is 4.45. The van der Waals surface area contributed by atoms with Gasteiger partial charge in [-0.1, -0.05) is 13.0 Å². The lowest BCUT2D eigenvalue weighted by Crippen LogP contribution is -2.23. The molecule has 0 aliphatic carbocycles. The van der Waals surface area contributed by atoms with Crippen LogP contribution in [0.1, 0.15) is 29.5 Å². The summed E-state index contributed by atoms with van der Waals surface area (Å²) in [6, 6.07) is 6.52. The van der Waals surface area contributed by atoms with E-state index in [9.17, 15) is 0 Å². The Hall–Kier alpha value is -1.39. The number of aromatic nitrogens is 1. The fraction of sp³-hybridized carbons (Fsp3) is 0.471. The number of thiophene rings is 1. The van der Waals surface area contributed by atoms with Crippen LogP contribution < -0.4 is 10.2 Å². The first kappa shape index (κ1) is 16.0. The lowest BCUT2D eigenvalue weighted by molar-refractivity contribution is 0.671.